The number of aryl methyl sites for hydroxylation is 1. The normalized spacial score (nSPS) is 16.8. The van der Waals surface area contributed by atoms with E-state index in [0.717, 1.165) is 23.9 Å². The second kappa shape index (κ2) is 6.74. The predicted octanol–water partition coefficient (Wildman–Crippen LogP) is 3.96. The Balaban J connectivity index is 1.93. The molecule has 98 valence electrons. The molecule has 0 bridgehead atoms. The third-order valence-electron chi connectivity index (χ3n) is 3.41. The van der Waals surface area contributed by atoms with Gasteiger partial charge in [-0.3, -0.25) is 0 Å². The van der Waals surface area contributed by atoms with Crippen molar-refractivity contribution >= 4 is 23.0 Å². The molecule has 1 fully saturated rings. The lowest BCUT2D eigenvalue weighted by Gasteiger charge is -2.27. The van der Waals surface area contributed by atoms with Crippen LogP contribution in [0.4, 0.5) is 5.69 Å². The van der Waals surface area contributed by atoms with E-state index in [4.69, 9.17) is 12.2 Å². The highest BCUT2D eigenvalue weighted by Gasteiger charge is 2.11. The maximum atomic E-state index is 5.52. The first kappa shape index (κ1) is 13.3. The van der Waals surface area contributed by atoms with E-state index in [9.17, 15) is 0 Å². The van der Waals surface area contributed by atoms with Gasteiger partial charge < -0.3 is 10.2 Å². The van der Waals surface area contributed by atoms with Crippen molar-refractivity contribution < 1.29 is 0 Å². The standard InChI is InChI=1S/C15H22N2S/c1-13-8-7-9-14(12-13)16-15(18)17-10-5-3-2-4-6-11-17/h7-9,12H,2-6,10-11H2,1H3,(H,16,18). The first-order chi connectivity index (χ1) is 8.75. The van der Waals surface area contributed by atoms with Gasteiger partial charge in [-0.15, -0.1) is 0 Å². The number of thiocarbonyl (C=S) groups is 1. The van der Waals surface area contributed by atoms with Gasteiger partial charge in [-0.05, 0) is 49.7 Å². The van der Waals surface area contributed by atoms with E-state index in [2.05, 4.69) is 41.4 Å². The van der Waals surface area contributed by atoms with Crippen LogP contribution in [0.5, 0.6) is 0 Å². The number of nitrogens with one attached hydrogen (secondary N) is 1. The Morgan fingerprint density at radius 1 is 1.11 bits per heavy atom. The van der Waals surface area contributed by atoms with Crippen molar-refractivity contribution in [3.05, 3.63) is 29.8 Å². The SMILES string of the molecule is Cc1cccc(NC(=S)N2CCCCCCC2)c1. The number of nitrogens with zero attached hydrogens (tertiary/aromatic N) is 1. The molecule has 0 aliphatic carbocycles. The van der Waals surface area contributed by atoms with Crippen LogP contribution in [-0.4, -0.2) is 23.1 Å². The van der Waals surface area contributed by atoms with Crippen LogP contribution in [0, 0.1) is 6.92 Å². The average Bonchev–Trinajstić information content (AvgIpc) is 2.28. The van der Waals surface area contributed by atoms with E-state index in [-0.39, 0.29) is 0 Å². The highest BCUT2D eigenvalue weighted by molar-refractivity contribution is 7.80. The van der Waals surface area contributed by atoms with Crippen molar-refractivity contribution in [1.29, 1.82) is 0 Å². The first-order valence-corrected chi connectivity index (χ1v) is 7.29. The minimum absolute atomic E-state index is 0.877. The molecule has 0 aromatic heterocycles. The molecule has 1 N–H and O–H groups in total. The van der Waals surface area contributed by atoms with Gasteiger partial charge in [0.15, 0.2) is 5.11 Å². The van der Waals surface area contributed by atoms with Gasteiger partial charge in [0.05, 0.1) is 0 Å². The lowest BCUT2D eigenvalue weighted by atomic mass is 10.1. The number of likely N-dealkylation sites (tertiary alicyclic amines) is 1. The van der Waals surface area contributed by atoms with Crippen molar-refractivity contribution in [2.24, 2.45) is 0 Å². The molecule has 3 heteroatoms. The van der Waals surface area contributed by atoms with E-state index < -0.39 is 0 Å². The van der Waals surface area contributed by atoms with Crippen LogP contribution < -0.4 is 5.32 Å². The Morgan fingerprint density at radius 3 is 2.44 bits per heavy atom. The zero-order valence-electron chi connectivity index (χ0n) is 11.1. The maximum absolute atomic E-state index is 5.52. The summed E-state index contributed by atoms with van der Waals surface area (Å²) in [4.78, 5) is 2.32. The molecular formula is C15H22N2S. The third-order valence-corrected chi connectivity index (χ3v) is 3.77. The fourth-order valence-electron chi connectivity index (χ4n) is 2.38. The number of benzene rings is 1. The quantitative estimate of drug-likeness (QED) is 0.771. The smallest absolute Gasteiger partial charge is 0.173 e. The van der Waals surface area contributed by atoms with Gasteiger partial charge in [0.2, 0.25) is 0 Å². The monoisotopic (exact) mass is 262 g/mol. The molecule has 0 unspecified atom stereocenters. The molecule has 18 heavy (non-hydrogen) atoms. The van der Waals surface area contributed by atoms with Crippen LogP contribution in [0.3, 0.4) is 0 Å². The lowest BCUT2D eigenvalue weighted by molar-refractivity contribution is 0.366. The Labute approximate surface area is 115 Å². The highest BCUT2D eigenvalue weighted by Crippen LogP contribution is 2.14. The third kappa shape index (κ3) is 3.98. The van der Waals surface area contributed by atoms with Gasteiger partial charge in [0.25, 0.3) is 0 Å². The molecule has 0 atom stereocenters. The molecule has 0 saturated carbocycles. The highest BCUT2D eigenvalue weighted by atomic mass is 32.1. The topological polar surface area (TPSA) is 15.3 Å². The van der Waals surface area contributed by atoms with E-state index >= 15 is 0 Å². The summed E-state index contributed by atoms with van der Waals surface area (Å²) in [6.45, 7) is 4.29. The number of hydrogen-bond acceptors (Lipinski definition) is 1. The molecule has 1 aromatic rings. The van der Waals surface area contributed by atoms with Gasteiger partial charge in [0, 0.05) is 18.8 Å². The molecule has 1 aliphatic rings. The molecule has 0 radical (unpaired) electrons. The summed E-state index contributed by atoms with van der Waals surface area (Å²) in [7, 11) is 0. The summed E-state index contributed by atoms with van der Waals surface area (Å²) >= 11 is 5.52. The molecule has 1 saturated heterocycles. The zero-order chi connectivity index (χ0) is 12.8. The Bertz CT molecular complexity index is 395. The van der Waals surface area contributed by atoms with Gasteiger partial charge >= 0.3 is 0 Å². The minimum Gasteiger partial charge on any atom is -0.349 e. The van der Waals surface area contributed by atoms with Crippen LogP contribution in [0.15, 0.2) is 24.3 Å². The molecule has 1 aliphatic heterocycles. The maximum Gasteiger partial charge on any atom is 0.173 e. The zero-order valence-corrected chi connectivity index (χ0v) is 11.9. The van der Waals surface area contributed by atoms with Crippen LogP contribution in [0.2, 0.25) is 0 Å². The minimum atomic E-state index is 0.877. The van der Waals surface area contributed by atoms with E-state index in [1.807, 2.05) is 0 Å². The average molecular weight is 262 g/mol. The second-order valence-electron chi connectivity index (χ2n) is 5.05. The number of anilines is 1. The first-order valence-electron chi connectivity index (χ1n) is 6.88. The predicted molar refractivity (Wildman–Crippen MR) is 82.1 cm³/mol. The molecule has 1 heterocycles. The van der Waals surface area contributed by atoms with E-state index in [1.54, 1.807) is 0 Å². The van der Waals surface area contributed by atoms with Gasteiger partial charge in [-0.1, -0.05) is 31.4 Å². The largest absolute Gasteiger partial charge is 0.349 e. The number of hydrogen-bond donors (Lipinski definition) is 1. The van der Waals surface area contributed by atoms with Gasteiger partial charge in [-0.25, -0.2) is 0 Å². The van der Waals surface area contributed by atoms with Gasteiger partial charge in [-0.2, -0.15) is 0 Å². The Hall–Kier alpha value is -1.09. The summed E-state index contributed by atoms with van der Waals surface area (Å²) in [5, 5.41) is 4.24. The Morgan fingerprint density at radius 2 is 1.78 bits per heavy atom. The summed E-state index contributed by atoms with van der Waals surface area (Å²) < 4.78 is 0. The molecule has 0 spiro atoms. The van der Waals surface area contributed by atoms with Gasteiger partial charge in [0.1, 0.15) is 0 Å². The summed E-state index contributed by atoms with van der Waals surface area (Å²) in [6.07, 6.45) is 6.57. The Kier molecular flexibility index (Phi) is 5.00. The van der Waals surface area contributed by atoms with Crippen molar-refractivity contribution in [2.75, 3.05) is 18.4 Å². The molecule has 2 rings (SSSR count). The fourth-order valence-corrected chi connectivity index (χ4v) is 2.68. The molecule has 2 nitrogen and oxygen atoms in total. The van der Waals surface area contributed by atoms with Crippen LogP contribution in [0.25, 0.3) is 0 Å². The second-order valence-corrected chi connectivity index (χ2v) is 5.44. The summed E-state index contributed by atoms with van der Waals surface area (Å²) in [5.41, 5.74) is 2.36. The van der Waals surface area contributed by atoms with Crippen molar-refractivity contribution in [2.45, 2.75) is 39.0 Å². The summed E-state index contributed by atoms with van der Waals surface area (Å²) in [5.74, 6) is 0. The fraction of sp³-hybridized carbons (Fsp3) is 0.533. The van der Waals surface area contributed by atoms with Crippen LogP contribution in [-0.2, 0) is 0 Å². The molecule has 1 aromatic carbocycles. The van der Waals surface area contributed by atoms with Crippen molar-refractivity contribution in [1.82, 2.24) is 4.90 Å². The van der Waals surface area contributed by atoms with Crippen molar-refractivity contribution in [3.8, 4) is 0 Å². The van der Waals surface area contributed by atoms with E-state index in [1.165, 1.54) is 37.7 Å². The summed E-state index contributed by atoms with van der Waals surface area (Å²) in [6, 6.07) is 8.37. The lowest BCUT2D eigenvalue weighted by Crippen LogP contribution is -2.36. The van der Waals surface area contributed by atoms with Crippen LogP contribution in [0.1, 0.15) is 37.7 Å². The van der Waals surface area contributed by atoms with E-state index in [0.29, 0.717) is 0 Å². The molecule has 0 amide bonds. The number of rotatable bonds is 1. The molecular weight excluding hydrogens is 240 g/mol. The van der Waals surface area contributed by atoms with Crippen LogP contribution >= 0.6 is 12.2 Å². The van der Waals surface area contributed by atoms with Crippen molar-refractivity contribution in [3.63, 3.8) is 0 Å².